The second-order valence-corrected chi connectivity index (χ2v) is 7.30. The highest BCUT2D eigenvalue weighted by atomic mass is 15.2. The van der Waals surface area contributed by atoms with Gasteiger partial charge in [-0.15, -0.1) is 0 Å². The Morgan fingerprint density at radius 2 is 1.67 bits per heavy atom. The van der Waals surface area contributed by atoms with E-state index in [9.17, 15) is 0 Å². The van der Waals surface area contributed by atoms with Gasteiger partial charge in [0.1, 0.15) is 0 Å². The highest BCUT2D eigenvalue weighted by Gasteiger charge is 2.27. The maximum Gasteiger partial charge on any atom is 0.289 e. The van der Waals surface area contributed by atoms with Crippen molar-refractivity contribution < 1.29 is 4.57 Å². The quantitative estimate of drug-likeness (QED) is 0.599. The van der Waals surface area contributed by atoms with E-state index in [1.54, 1.807) is 0 Å². The van der Waals surface area contributed by atoms with E-state index < -0.39 is 0 Å². The van der Waals surface area contributed by atoms with Gasteiger partial charge in [-0.2, -0.15) is 0 Å². The van der Waals surface area contributed by atoms with E-state index in [-0.39, 0.29) is 0 Å². The molecule has 0 spiro atoms. The standard InChI is InChI=1S/C22H27N2/c1-17-10-6-7-13-19(17)22-23(2)20-14-8-9-15-21(20)24(22)16-18-11-4-3-5-12-18/h6-10,13-15,18H,3-5,11-12,16H2,1-2H3/q+1. The van der Waals surface area contributed by atoms with E-state index in [4.69, 9.17) is 0 Å². The fraction of sp³-hybridized carbons (Fsp3) is 0.409. The van der Waals surface area contributed by atoms with Gasteiger partial charge in [0, 0.05) is 0 Å². The smallest absolute Gasteiger partial charge is 0.226 e. The van der Waals surface area contributed by atoms with Crippen LogP contribution in [-0.4, -0.2) is 4.57 Å². The van der Waals surface area contributed by atoms with E-state index in [2.05, 4.69) is 71.6 Å². The van der Waals surface area contributed by atoms with Gasteiger partial charge in [0.15, 0.2) is 11.0 Å². The van der Waals surface area contributed by atoms with E-state index in [0.29, 0.717) is 0 Å². The van der Waals surface area contributed by atoms with Crippen LogP contribution in [0, 0.1) is 12.8 Å². The largest absolute Gasteiger partial charge is 0.289 e. The van der Waals surface area contributed by atoms with Crippen molar-refractivity contribution in [3.8, 4) is 11.4 Å². The molecule has 0 bridgehead atoms. The Balaban J connectivity index is 1.89. The zero-order valence-corrected chi connectivity index (χ0v) is 14.8. The summed E-state index contributed by atoms with van der Waals surface area (Å²) in [6.45, 7) is 3.36. The maximum atomic E-state index is 2.58. The number of para-hydroxylation sites is 2. The highest BCUT2D eigenvalue weighted by Crippen LogP contribution is 2.30. The van der Waals surface area contributed by atoms with Gasteiger partial charge in [0.25, 0.3) is 5.82 Å². The van der Waals surface area contributed by atoms with Crippen molar-refractivity contribution in [3.05, 3.63) is 54.1 Å². The first-order chi connectivity index (χ1) is 11.8. The first-order valence-corrected chi connectivity index (χ1v) is 9.29. The predicted octanol–water partition coefficient (Wildman–Crippen LogP) is 5.02. The third kappa shape index (κ3) is 2.64. The summed E-state index contributed by atoms with van der Waals surface area (Å²) in [5.74, 6) is 2.16. The fourth-order valence-corrected chi connectivity index (χ4v) is 4.35. The Morgan fingerprint density at radius 1 is 0.958 bits per heavy atom. The van der Waals surface area contributed by atoms with Crippen molar-refractivity contribution >= 4 is 11.0 Å². The molecule has 0 atom stereocenters. The van der Waals surface area contributed by atoms with Crippen molar-refractivity contribution in [3.63, 3.8) is 0 Å². The molecule has 2 heteroatoms. The van der Waals surface area contributed by atoms with Crippen LogP contribution in [0.15, 0.2) is 48.5 Å². The zero-order chi connectivity index (χ0) is 16.5. The molecule has 1 heterocycles. The summed E-state index contributed by atoms with van der Waals surface area (Å²) in [7, 11) is 2.21. The summed E-state index contributed by atoms with van der Waals surface area (Å²) in [6, 6.07) is 17.6. The number of hydrogen-bond donors (Lipinski definition) is 0. The average molecular weight is 319 g/mol. The van der Waals surface area contributed by atoms with E-state index >= 15 is 0 Å². The lowest BCUT2D eigenvalue weighted by Gasteiger charge is -2.20. The molecular formula is C22H27N2+. The number of aromatic nitrogens is 2. The topological polar surface area (TPSA) is 8.81 Å². The van der Waals surface area contributed by atoms with Gasteiger partial charge in [-0.1, -0.05) is 49.6 Å². The maximum absolute atomic E-state index is 2.58. The number of imidazole rings is 1. The summed E-state index contributed by atoms with van der Waals surface area (Å²) in [5.41, 5.74) is 5.39. The Hall–Kier alpha value is -2.09. The predicted molar refractivity (Wildman–Crippen MR) is 99.9 cm³/mol. The SMILES string of the molecule is Cc1ccccc1-c1n(CC2CCCCC2)c2ccccc2[n+]1C. The lowest BCUT2D eigenvalue weighted by molar-refractivity contribution is -0.634. The van der Waals surface area contributed by atoms with Gasteiger partial charge in [-0.3, -0.25) is 0 Å². The van der Waals surface area contributed by atoms with Crippen molar-refractivity contribution in [1.82, 2.24) is 4.57 Å². The lowest BCUT2D eigenvalue weighted by Crippen LogP contribution is -2.31. The molecule has 0 amide bonds. The van der Waals surface area contributed by atoms with Crippen LogP contribution in [0.2, 0.25) is 0 Å². The van der Waals surface area contributed by atoms with Crippen LogP contribution < -0.4 is 4.57 Å². The molecule has 4 rings (SSSR count). The molecular weight excluding hydrogens is 292 g/mol. The molecule has 0 saturated heterocycles. The van der Waals surface area contributed by atoms with Gasteiger partial charge in [0.2, 0.25) is 0 Å². The molecule has 1 aliphatic rings. The molecule has 0 N–H and O–H groups in total. The fourth-order valence-electron chi connectivity index (χ4n) is 4.35. The molecule has 0 radical (unpaired) electrons. The second-order valence-electron chi connectivity index (χ2n) is 7.30. The number of nitrogens with zero attached hydrogens (tertiary/aromatic N) is 2. The van der Waals surface area contributed by atoms with E-state index in [0.717, 1.165) is 12.5 Å². The van der Waals surface area contributed by atoms with Crippen LogP contribution in [0.25, 0.3) is 22.4 Å². The van der Waals surface area contributed by atoms with Gasteiger partial charge in [-0.25, -0.2) is 9.13 Å². The van der Waals surface area contributed by atoms with Crippen molar-refractivity contribution in [2.45, 2.75) is 45.6 Å². The van der Waals surface area contributed by atoms with E-state index in [1.165, 1.54) is 60.1 Å². The Morgan fingerprint density at radius 3 is 2.46 bits per heavy atom. The first kappa shape index (κ1) is 15.4. The van der Waals surface area contributed by atoms with Gasteiger partial charge in [-0.05, 0) is 49.4 Å². The number of benzene rings is 2. The van der Waals surface area contributed by atoms with Crippen LogP contribution in [0.3, 0.4) is 0 Å². The van der Waals surface area contributed by atoms with Gasteiger partial charge < -0.3 is 0 Å². The molecule has 1 saturated carbocycles. The Bertz CT molecular complexity index is 854. The number of fused-ring (bicyclic) bond motifs is 1. The Labute approximate surface area is 144 Å². The van der Waals surface area contributed by atoms with Crippen molar-refractivity contribution in [1.29, 1.82) is 0 Å². The average Bonchev–Trinajstić information content (AvgIpc) is 2.89. The number of hydrogen-bond acceptors (Lipinski definition) is 0. The zero-order valence-electron chi connectivity index (χ0n) is 14.8. The van der Waals surface area contributed by atoms with Crippen LogP contribution in [0.1, 0.15) is 37.7 Å². The summed E-state index contributed by atoms with van der Waals surface area (Å²) in [4.78, 5) is 0. The third-order valence-electron chi connectivity index (χ3n) is 5.66. The van der Waals surface area contributed by atoms with Gasteiger partial charge >= 0.3 is 0 Å². The molecule has 24 heavy (non-hydrogen) atoms. The molecule has 124 valence electrons. The molecule has 2 aromatic carbocycles. The van der Waals surface area contributed by atoms with Crippen LogP contribution in [-0.2, 0) is 13.6 Å². The lowest BCUT2D eigenvalue weighted by atomic mass is 9.89. The first-order valence-electron chi connectivity index (χ1n) is 9.29. The molecule has 1 aliphatic carbocycles. The van der Waals surface area contributed by atoms with Gasteiger partial charge in [0.05, 0.1) is 19.2 Å². The minimum absolute atomic E-state index is 0.817. The molecule has 0 aliphatic heterocycles. The molecule has 2 nitrogen and oxygen atoms in total. The number of aryl methyl sites for hydroxylation is 2. The monoisotopic (exact) mass is 319 g/mol. The molecule has 3 aromatic rings. The highest BCUT2D eigenvalue weighted by molar-refractivity contribution is 5.76. The van der Waals surface area contributed by atoms with Crippen LogP contribution in [0.5, 0.6) is 0 Å². The van der Waals surface area contributed by atoms with Crippen LogP contribution in [0.4, 0.5) is 0 Å². The summed E-state index contributed by atoms with van der Waals surface area (Å²) in [6.07, 6.45) is 6.97. The normalized spacial score (nSPS) is 15.9. The minimum Gasteiger partial charge on any atom is -0.226 e. The minimum atomic E-state index is 0.817. The molecule has 1 fully saturated rings. The molecule has 0 unspecified atom stereocenters. The van der Waals surface area contributed by atoms with Crippen molar-refractivity contribution in [2.24, 2.45) is 13.0 Å². The summed E-state index contributed by atoms with van der Waals surface area (Å²) < 4.78 is 4.95. The second kappa shape index (κ2) is 6.43. The third-order valence-corrected chi connectivity index (χ3v) is 5.66. The Kier molecular flexibility index (Phi) is 4.13. The van der Waals surface area contributed by atoms with Crippen LogP contribution >= 0.6 is 0 Å². The van der Waals surface area contributed by atoms with Crippen molar-refractivity contribution in [2.75, 3.05) is 0 Å². The number of rotatable bonds is 3. The summed E-state index contributed by atoms with van der Waals surface area (Å²) in [5, 5.41) is 0. The molecule has 1 aromatic heterocycles. The van der Waals surface area contributed by atoms with E-state index in [1.807, 2.05) is 0 Å². The summed E-state index contributed by atoms with van der Waals surface area (Å²) >= 11 is 0.